The van der Waals surface area contributed by atoms with E-state index in [1.807, 2.05) is 6.20 Å². The molecular formula is C20H21FN4O. The Morgan fingerprint density at radius 3 is 2.81 bits per heavy atom. The zero-order valence-electron chi connectivity index (χ0n) is 14.5. The lowest BCUT2D eigenvalue weighted by Crippen LogP contribution is -2.34. The van der Waals surface area contributed by atoms with Crippen molar-refractivity contribution in [3.05, 3.63) is 77.8 Å². The molecule has 0 saturated carbocycles. The van der Waals surface area contributed by atoms with Gasteiger partial charge in [0, 0.05) is 44.0 Å². The quantitative estimate of drug-likeness (QED) is 0.703. The number of piperidine rings is 1. The molecule has 0 N–H and O–H groups in total. The summed E-state index contributed by atoms with van der Waals surface area (Å²) in [6.07, 6.45) is 9.84. The molecule has 1 atom stereocenters. The van der Waals surface area contributed by atoms with Gasteiger partial charge in [-0.25, -0.2) is 9.37 Å². The Bertz CT molecular complexity index is 835. The average Bonchev–Trinajstić information content (AvgIpc) is 3.13. The highest BCUT2D eigenvalue weighted by molar-refractivity contribution is 5.20. The Morgan fingerprint density at radius 2 is 2.00 bits per heavy atom. The predicted molar refractivity (Wildman–Crippen MR) is 95.0 cm³/mol. The molecular weight excluding hydrogens is 331 g/mol. The first-order chi connectivity index (χ1) is 12.8. The summed E-state index contributed by atoms with van der Waals surface area (Å²) in [6.45, 7) is 2.76. The van der Waals surface area contributed by atoms with Crippen LogP contribution in [0.2, 0.25) is 0 Å². The van der Waals surface area contributed by atoms with Crippen LogP contribution in [0.3, 0.4) is 0 Å². The maximum atomic E-state index is 13.0. The second-order valence-electron chi connectivity index (χ2n) is 6.74. The van der Waals surface area contributed by atoms with E-state index in [1.165, 1.54) is 12.1 Å². The van der Waals surface area contributed by atoms with Gasteiger partial charge in [0.15, 0.2) is 5.89 Å². The van der Waals surface area contributed by atoms with Gasteiger partial charge in [0.25, 0.3) is 0 Å². The Morgan fingerprint density at radius 1 is 1.12 bits per heavy atom. The molecule has 3 aromatic rings. The summed E-state index contributed by atoms with van der Waals surface area (Å²) in [6, 6.07) is 6.50. The van der Waals surface area contributed by atoms with Crippen LogP contribution < -0.4 is 0 Å². The van der Waals surface area contributed by atoms with Crippen molar-refractivity contribution in [2.45, 2.75) is 31.7 Å². The smallest absolute Gasteiger partial charge is 0.198 e. The summed E-state index contributed by atoms with van der Waals surface area (Å²) in [7, 11) is 0. The normalized spacial score (nSPS) is 18.1. The maximum Gasteiger partial charge on any atom is 0.198 e. The number of hydrogen-bond donors (Lipinski definition) is 0. The molecule has 4 rings (SSSR count). The summed E-state index contributed by atoms with van der Waals surface area (Å²) >= 11 is 0. The molecule has 1 unspecified atom stereocenters. The third-order valence-electron chi connectivity index (χ3n) is 4.72. The van der Waals surface area contributed by atoms with Gasteiger partial charge in [0.05, 0.1) is 11.9 Å². The van der Waals surface area contributed by atoms with E-state index in [4.69, 9.17) is 4.42 Å². The molecule has 6 heteroatoms. The van der Waals surface area contributed by atoms with Crippen molar-refractivity contribution in [1.82, 2.24) is 19.9 Å². The number of rotatable bonds is 5. The SMILES string of the molecule is Fc1ccc(Cc2cnc(C3CCCN(Cc4cnccn4)C3)o2)cc1. The molecule has 1 fully saturated rings. The zero-order chi connectivity index (χ0) is 17.8. The molecule has 1 saturated heterocycles. The van der Waals surface area contributed by atoms with Gasteiger partial charge in [-0.3, -0.25) is 14.9 Å². The van der Waals surface area contributed by atoms with Gasteiger partial charge < -0.3 is 4.42 Å². The summed E-state index contributed by atoms with van der Waals surface area (Å²) in [5.41, 5.74) is 2.00. The average molecular weight is 352 g/mol. The van der Waals surface area contributed by atoms with E-state index < -0.39 is 0 Å². The van der Waals surface area contributed by atoms with E-state index in [1.54, 1.807) is 30.7 Å². The molecule has 3 heterocycles. The fraction of sp³-hybridized carbons (Fsp3) is 0.350. The fourth-order valence-electron chi connectivity index (χ4n) is 3.44. The largest absolute Gasteiger partial charge is 0.445 e. The van der Waals surface area contributed by atoms with Crippen LogP contribution in [-0.2, 0) is 13.0 Å². The summed E-state index contributed by atoms with van der Waals surface area (Å²) in [5.74, 6) is 1.68. The number of halogens is 1. The standard InChI is InChI=1S/C20H21FN4O/c21-17-5-3-15(4-6-17)10-19-12-24-20(26-19)16-2-1-9-25(13-16)14-18-11-22-7-8-23-18/h3-8,11-12,16H,1-2,9-10,13-14H2. The van der Waals surface area contributed by atoms with Gasteiger partial charge in [-0.1, -0.05) is 12.1 Å². The van der Waals surface area contributed by atoms with Crippen molar-refractivity contribution in [2.75, 3.05) is 13.1 Å². The van der Waals surface area contributed by atoms with Crippen LogP contribution in [0.5, 0.6) is 0 Å². The van der Waals surface area contributed by atoms with E-state index in [0.29, 0.717) is 12.3 Å². The molecule has 5 nitrogen and oxygen atoms in total. The number of hydrogen-bond acceptors (Lipinski definition) is 5. The van der Waals surface area contributed by atoms with Crippen molar-refractivity contribution in [3.63, 3.8) is 0 Å². The minimum absolute atomic E-state index is 0.225. The van der Waals surface area contributed by atoms with Gasteiger partial charge in [-0.15, -0.1) is 0 Å². The summed E-state index contributed by atoms with van der Waals surface area (Å²) in [5, 5.41) is 0. The minimum atomic E-state index is -0.225. The predicted octanol–water partition coefficient (Wildman–Crippen LogP) is 3.57. The van der Waals surface area contributed by atoms with Crippen LogP contribution in [0.4, 0.5) is 4.39 Å². The summed E-state index contributed by atoms with van der Waals surface area (Å²) in [4.78, 5) is 15.4. The van der Waals surface area contributed by atoms with Gasteiger partial charge in [0.1, 0.15) is 11.6 Å². The molecule has 26 heavy (non-hydrogen) atoms. The van der Waals surface area contributed by atoms with Gasteiger partial charge >= 0.3 is 0 Å². The van der Waals surface area contributed by atoms with Gasteiger partial charge in [-0.2, -0.15) is 0 Å². The zero-order valence-corrected chi connectivity index (χ0v) is 14.5. The Balaban J connectivity index is 1.39. The Labute approximate surface area is 151 Å². The first-order valence-corrected chi connectivity index (χ1v) is 8.92. The van der Waals surface area contributed by atoms with Crippen molar-refractivity contribution >= 4 is 0 Å². The second-order valence-corrected chi connectivity index (χ2v) is 6.74. The lowest BCUT2D eigenvalue weighted by Gasteiger charge is -2.30. The van der Waals surface area contributed by atoms with E-state index in [-0.39, 0.29) is 5.82 Å². The van der Waals surface area contributed by atoms with Crippen molar-refractivity contribution in [2.24, 2.45) is 0 Å². The topological polar surface area (TPSA) is 55.1 Å². The number of likely N-dealkylation sites (tertiary alicyclic amines) is 1. The molecule has 0 amide bonds. The van der Waals surface area contributed by atoms with E-state index in [0.717, 1.165) is 55.4 Å². The van der Waals surface area contributed by atoms with Gasteiger partial charge in [-0.05, 0) is 37.1 Å². The number of aromatic nitrogens is 3. The molecule has 1 aliphatic heterocycles. The molecule has 2 aromatic heterocycles. The molecule has 0 radical (unpaired) electrons. The molecule has 0 spiro atoms. The van der Waals surface area contributed by atoms with E-state index in [9.17, 15) is 4.39 Å². The van der Waals surface area contributed by atoms with Gasteiger partial charge in [0.2, 0.25) is 0 Å². The lowest BCUT2D eigenvalue weighted by atomic mass is 9.98. The van der Waals surface area contributed by atoms with Crippen LogP contribution in [0.25, 0.3) is 0 Å². The van der Waals surface area contributed by atoms with Crippen LogP contribution >= 0.6 is 0 Å². The van der Waals surface area contributed by atoms with Crippen LogP contribution in [0.15, 0.2) is 53.5 Å². The fourth-order valence-corrected chi connectivity index (χ4v) is 3.44. The Kier molecular flexibility index (Phi) is 5.02. The highest BCUT2D eigenvalue weighted by Gasteiger charge is 2.25. The van der Waals surface area contributed by atoms with Crippen molar-refractivity contribution in [1.29, 1.82) is 0 Å². The molecule has 134 valence electrons. The minimum Gasteiger partial charge on any atom is -0.445 e. The maximum absolute atomic E-state index is 13.0. The third kappa shape index (κ3) is 4.14. The van der Waals surface area contributed by atoms with Crippen molar-refractivity contribution < 1.29 is 8.81 Å². The number of benzene rings is 1. The summed E-state index contributed by atoms with van der Waals surface area (Å²) < 4.78 is 19.0. The molecule has 1 aromatic carbocycles. The number of oxazole rings is 1. The van der Waals surface area contributed by atoms with Crippen LogP contribution in [-0.4, -0.2) is 32.9 Å². The molecule has 0 bridgehead atoms. The van der Waals surface area contributed by atoms with Crippen LogP contribution in [0, 0.1) is 5.82 Å². The second kappa shape index (κ2) is 7.74. The van der Waals surface area contributed by atoms with Crippen LogP contribution in [0.1, 0.15) is 41.7 Å². The number of nitrogens with zero attached hydrogens (tertiary/aromatic N) is 4. The highest BCUT2D eigenvalue weighted by Crippen LogP contribution is 2.27. The monoisotopic (exact) mass is 352 g/mol. The lowest BCUT2D eigenvalue weighted by molar-refractivity contribution is 0.183. The van der Waals surface area contributed by atoms with E-state index >= 15 is 0 Å². The Hall–Kier alpha value is -2.60. The molecule has 0 aliphatic carbocycles. The third-order valence-corrected chi connectivity index (χ3v) is 4.72. The highest BCUT2D eigenvalue weighted by atomic mass is 19.1. The van der Waals surface area contributed by atoms with E-state index in [2.05, 4.69) is 19.9 Å². The van der Waals surface area contributed by atoms with Crippen molar-refractivity contribution in [3.8, 4) is 0 Å². The molecule has 1 aliphatic rings. The first kappa shape index (κ1) is 16.8. The first-order valence-electron chi connectivity index (χ1n) is 8.92.